The summed E-state index contributed by atoms with van der Waals surface area (Å²) in [5.74, 6) is 0.842. The van der Waals surface area contributed by atoms with Gasteiger partial charge in [-0.1, -0.05) is 11.3 Å². The van der Waals surface area contributed by atoms with E-state index in [1.165, 1.54) is 11.3 Å². The van der Waals surface area contributed by atoms with Gasteiger partial charge in [-0.3, -0.25) is 0 Å². The number of rotatable bonds is 4. The number of ether oxygens (including phenoxy) is 1. The topological polar surface area (TPSA) is 50.3 Å². The van der Waals surface area contributed by atoms with Crippen LogP contribution in [0.4, 0.5) is 5.69 Å². The van der Waals surface area contributed by atoms with Crippen LogP contribution in [0.2, 0.25) is 0 Å². The minimum Gasteiger partial charge on any atom is -0.494 e. The third-order valence-corrected chi connectivity index (χ3v) is 4.03. The Morgan fingerprint density at radius 1 is 1.30 bits per heavy atom. The first-order chi connectivity index (χ1) is 9.69. The molecular formula is C15H17N3OS. The first-order valence-corrected chi connectivity index (χ1v) is 7.39. The number of aromatic nitrogens is 1. The molecule has 104 valence electrons. The van der Waals surface area contributed by atoms with Crippen LogP contribution in [0.15, 0.2) is 29.3 Å². The van der Waals surface area contributed by atoms with Gasteiger partial charge in [0.1, 0.15) is 16.7 Å². The fourth-order valence-corrected chi connectivity index (χ4v) is 2.95. The Balaban J connectivity index is 2.42. The van der Waals surface area contributed by atoms with E-state index in [1.807, 2.05) is 38.1 Å². The van der Waals surface area contributed by atoms with E-state index in [9.17, 15) is 0 Å². The summed E-state index contributed by atoms with van der Waals surface area (Å²) >= 11 is 1.42. The largest absolute Gasteiger partial charge is 0.494 e. The maximum absolute atomic E-state index is 9.10. The second-order valence-corrected chi connectivity index (χ2v) is 5.17. The van der Waals surface area contributed by atoms with E-state index in [2.05, 4.69) is 22.6 Å². The van der Waals surface area contributed by atoms with Crippen molar-refractivity contribution in [3.8, 4) is 11.8 Å². The van der Waals surface area contributed by atoms with Gasteiger partial charge in [-0.2, -0.15) is 5.26 Å². The molecule has 0 amide bonds. The summed E-state index contributed by atoms with van der Waals surface area (Å²) in [6.07, 6.45) is 0. The van der Waals surface area contributed by atoms with E-state index >= 15 is 0 Å². The molecule has 4 nitrogen and oxygen atoms in total. The van der Waals surface area contributed by atoms with Gasteiger partial charge >= 0.3 is 0 Å². The van der Waals surface area contributed by atoms with Crippen molar-refractivity contribution in [2.45, 2.75) is 27.3 Å². The number of hydrogen-bond donors (Lipinski definition) is 0. The second-order valence-electron chi connectivity index (χ2n) is 4.19. The summed E-state index contributed by atoms with van der Waals surface area (Å²) in [4.78, 5) is 6.19. The van der Waals surface area contributed by atoms with Crippen molar-refractivity contribution >= 4 is 17.0 Å². The van der Waals surface area contributed by atoms with Crippen LogP contribution < -0.4 is 9.54 Å². The van der Waals surface area contributed by atoms with Gasteiger partial charge in [-0.25, -0.2) is 4.99 Å². The first-order valence-electron chi connectivity index (χ1n) is 6.57. The quantitative estimate of drug-likeness (QED) is 0.865. The van der Waals surface area contributed by atoms with Gasteiger partial charge < -0.3 is 9.30 Å². The minimum atomic E-state index is 0.655. The van der Waals surface area contributed by atoms with Crippen LogP contribution >= 0.6 is 11.3 Å². The van der Waals surface area contributed by atoms with Gasteiger partial charge in [0.2, 0.25) is 0 Å². The Hall–Kier alpha value is -2.06. The molecule has 5 heteroatoms. The molecule has 0 bridgehead atoms. The fourth-order valence-electron chi connectivity index (χ4n) is 1.94. The van der Waals surface area contributed by atoms with Gasteiger partial charge in [0, 0.05) is 12.2 Å². The van der Waals surface area contributed by atoms with Crippen molar-refractivity contribution in [1.29, 1.82) is 5.26 Å². The molecule has 0 spiro atoms. The standard InChI is InChI=1S/C15H17N3OS/c1-4-18-11(3)14(10-16)20-15(18)17-12-6-8-13(9-7-12)19-5-2/h6-9H,4-5H2,1-3H3/b17-15+. The highest BCUT2D eigenvalue weighted by atomic mass is 32.1. The molecule has 0 aliphatic carbocycles. The predicted molar refractivity (Wildman–Crippen MR) is 80.3 cm³/mol. The third kappa shape index (κ3) is 2.91. The number of thiazole rings is 1. The average Bonchev–Trinajstić information content (AvgIpc) is 2.76. The van der Waals surface area contributed by atoms with E-state index in [0.717, 1.165) is 33.4 Å². The van der Waals surface area contributed by atoms with Crippen LogP contribution in [0.5, 0.6) is 5.75 Å². The molecule has 0 saturated heterocycles. The molecule has 0 radical (unpaired) electrons. The number of hydrogen-bond acceptors (Lipinski definition) is 4. The molecular weight excluding hydrogens is 270 g/mol. The molecule has 0 saturated carbocycles. The highest BCUT2D eigenvalue weighted by Gasteiger charge is 2.07. The van der Waals surface area contributed by atoms with Crippen molar-refractivity contribution in [3.05, 3.63) is 39.6 Å². The molecule has 0 N–H and O–H groups in total. The molecule has 2 rings (SSSR count). The first kappa shape index (κ1) is 14.4. The Bertz CT molecular complexity index is 689. The molecule has 1 aromatic heterocycles. The number of benzene rings is 1. The van der Waals surface area contributed by atoms with Gasteiger partial charge in [-0.15, -0.1) is 0 Å². The fraction of sp³-hybridized carbons (Fsp3) is 0.333. The minimum absolute atomic E-state index is 0.655. The second kappa shape index (κ2) is 6.40. The lowest BCUT2D eigenvalue weighted by Crippen LogP contribution is -2.14. The molecule has 0 atom stereocenters. The van der Waals surface area contributed by atoms with Crippen LogP contribution in [-0.2, 0) is 6.54 Å². The van der Waals surface area contributed by atoms with Crippen molar-refractivity contribution in [3.63, 3.8) is 0 Å². The lowest BCUT2D eigenvalue weighted by atomic mass is 10.3. The van der Waals surface area contributed by atoms with E-state index < -0.39 is 0 Å². The predicted octanol–water partition coefficient (Wildman–Crippen LogP) is 3.38. The molecule has 0 unspecified atom stereocenters. The maximum atomic E-state index is 9.10. The molecule has 1 heterocycles. The Morgan fingerprint density at radius 3 is 2.55 bits per heavy atom. The van der Waals surface area contributed by atoms with E-state index in [0.29, 0.717) is 6.61 Å². The van der Waals surface area contributed by atoms with E-state index in [-0.39, 0.29) is 0 Å². The molecule has 0 fully saturated rings. The number of nitriles is 1. The SMILES string of the molecule is CCOc1ccc(/N=c2/sc(C#N)c(C)n2CC)cc1. The summed E-state index contributed by atoms with van der Waals surface area (Å²) in [6, 6.07) is 9.88. The monoisotopic (exact) mass is 287 g/mol. The molecule has 0 aliphatic heterocycles. The zero-order valence-electron chi connectivity index (χ0n) is 11.9. The van der Waals surface area contributed by atoms with Crippen molar-refractivity contribution in [2.24, 2.45) is 4.99 Å². The highest BCUT2D eigenvalue weighted by molar-refractivity contribution is 7.09. The van der Waals surface area contributed by atoms with Crippen LogP contribution in [0.1, 0.15) is 24.4 Å². The Labute approximate surface area is 122 Å². The van der Waals surface area contributed by atoms with E-state index in [1.54, 1.807) is 0 Å². The van der Waals surface area contributed by atoms with Crippen LogP contribution in [0.25, 0.3) is 0 Å². The molecule has 1 aromatic carbocycles. The molecule has 20 heavy (non-hydrogen) atoms. The summed E-state index contributed by atoms with van der Waals surface area (Å²) in [5, 5.41) is 9.10. The Morgan fingerprint density at radius 2 is 2.00 bits per heavy atom. The van der Waals surface area contributed by atoms with Crippen molar-refractivity contribution < 1.29 is 4.74 Å². The summed E-state index contributed by atoms with van der Waals surface area (Å²) < 4.78 is 7.46. The van der Waals surface area contributed by atoms with Crippen LogP contribution in [0.3, 0.4) is 0 Å². The van der Waals surface area contributed by atoms with Crippen molar-refractivity contribution in [2.75, 3.05) is 6.61 Å². The van der Waals surface area contributed by atoms with Gasteiger partial charge in [0.25, 0.3) is 0 Å². The maximum Gasteiger partial charge on any atom is 0.191 e. The van der Waals surface area contributed by atoms with Gasteiger partial charge in [0.15, 0.2) is 4.80 Å². The molecule has 0 aliphatic rings. The average molecular weight is 287 g/mol. The van der Waals surface area contributed by atoms with Gasteiger partial charge in [0.05, 0.1) is 12.3 Å². The summed E-state index contributed by atoms with van der Waals surface area (Å²) in [6.45, 7) is 7.43. The van der Waals surface area contributed by atoms with Gasteiger partial charge in [-0.05, 0) is 45.0 Å². The van der Waals surface area contributed by atoms with Crippen molar-refractivity contribution in [1.82, 2.24) is 4.57 Å². The zero-order valence-corrected chi connectivity index (χ0v) is 12.7. The molecule has 2 aromatic rings. The van der Waals surface area contributed by atoms with E-state index in [4.69, 9.17) is 10.00 Å². The lowest BCUT2D eigenvalue weighted by Gasteiger charge is -2.03. The van der Waals surface area contributed by atoms with Crippen LogP contribution in [0, 0.1) is 18.3 Å². The van der Waals surface area contributed by atoms with Crippen LogP contribution in [-0.4, -0.2) is 11.2 Å². The highest BCUT2D eigenvalue weighted by Crippen LogP contribution is 2.18. The summed E-state index contributed by atoms with van der Waals surface area (Å²) in [7, 11) is 0. The Kier molecular flexibility index (Phi) is 4.59. The zero-order chi connectivity index (χ0) is 14.5. The third-order valence-electron chi connectivity index (χ3n) is 2.95. The lowest BCUT2D eigenvalue weighted by molar-refractivity contribution is 0.340. The number of nitrogens with zero attached hydrogens (tertiary/aromatic N) is 3. The smallest absolute Gasteiger partial charge is 0.191 e. The summed E-state index contributed by atoms with van der Waals surface area (Å²) in [5.41, 5.74) is 1.84. The normalized spacial score (nSPS) is 11.4.